The van der Waals surface area contributed by atoms with Crippen LogP contribution < -0.4 is 5.73 Å². The first-order valence-electron chi connectivity index (χ1n) is 5.91. The molecule has 2 rings (SSSR count). The van der Waals surface area contributed by atoms with E-state index in [9.17, 15) is 10.1 Å². The van der Waals surface area contributed by atoms with E-state index in [-0.39, 0.29) is 10.6 Å². The highest BCUT2D eigenvalue weighted by Crippen LogP contribution is 2.28. The molecule has 1 heterocycles. The maximum atomic E-state index is 11.0. The van der Waals surface area contributed by atoms with Crippen molar-refractivity contribution >= 4 is 5.69 Å². The second-order valence-electron chi connectivity index (χ2n) is 4.50. The Kier molecular flexibility index (Phi) is 3.57. The molecule has 2 aromatic rings. The minimum Gasteiger partial charge on any atom is -0.320 e. The molecule has 0 radical (unpaired) electrons. The molecule has 0 aliphatic carbocycles. The number of pyridine rings is 1. The molecule has 1 aromatic carbocycles. The lowest BCUT2D eigenvalue weighted by Gasteiger charge is -2.14. The van der Waals surface area contributed by atoms with Crippen molar-refractivity contribution in [3.8, 4) is 0 Å². The fourth-order valence-corrected chi connectivity index (χ4v) is 1.99. The summed E-state index contributed by atoms with van der Waals surface area (Å²) in [6.45, 7) is 3.59. The fraction of sp³-hybridized carbons (Fsp3) is 0.214. The van der Waals surface area contributed by atoms with Gasteiger partial charge in [0.15, 0.2) is 0 Å². The smallest absolute Gasteiger partial charge is 0.272 e. The summed E-state index contributed by atoms with van der Waals surface area (Å²) >= 11 is 0. The Labute approximate surface area is 111 Å². The van der Waals surface area contributed by atoms with Crippen LogP contribution in [0.5, 0.6) is 0 Å². The Morgan fingerprint density at radius 3 is 2.63 bits per heavy atom. The van der Waals surface area contributed by atoms with Crippen LogP contribution in [0.3, 0.4) is 0 Å². The predicted octanol–water partition coefficient (Wildman–Crippen LogP) is 2.65. The first-order chi connectivity index (χ1) is 9.00. The van der Waals surface area contributed by atoms with Gasteiger partial charge in [0.05, 0.1) is 11.0 Å². The molecular weight excluding hydrogens is 242 g/mol. The van der Waals surface area contributed by atoms with Gasteiger partial charge >= 0.3 is 0 Å². The first kappa shape index (κ1) is 13.2. The van der Waals surface area contributed by atoms with E-state index in [0.29, 0.717) is 5.56 Å². The molecule has 0 aliphatic heterocycles. The van der Waals surface area contributed by atoms with Crippen LogP contribution in [0.15, 0.2) is 36.7 Å². The maximum absolute atomic E-state index is 11.0. The summed E-state index contributed by atoms with van der Waals surface area (Å²) in [5.41, 5.74) is 9.34. The SMILES string of the molecule is Cc1cc(C(N)c2cccnc2)cc([N+](=O)[O-])c1C. The minimum atomic E-state index is -0.410. The van der Waals surface area contributed by atoms with Gasteiger partial charge in [-0.05, 0) is 36.6 Å². The van der Waals surface area contributed by atoms with Gasteiger partial charge in [-0.25, -0.2) is 0 Å². The molecule has 5 heteroatoms. The quantitative estimate of drug-likeness (QED) is 0.677. The number of rotatable bonds is 3. The van der Waals surface area contributed by atoms with Crippen LogP contribution in [0, 0.1) is 24.0 Å². The van der Waals surface area contributed by atoms with Gasteiger partial charge in [-0.3, -0.25) is 15.1 Å². The average Bonchev–Trinajstić information content (AvgIpc) is 2.41. The molecule has 5 nitrogen and oxygen atoms in total. The van der Waals surface area contributed by atoms with Gasteiger partial charge in [0.1, 0.15) is 0 Å². The maximum Gasteiger partial charge on any atom is 0.272 e. The number of nitrogens with two attached hydrogens (primary N) is 1. The zero-order valence-electron chi connectivity index (χ0n) is 10.8. The van der Waals surface area contributed by atoms with Gasteiger partial charge in [-0.2, -0.15) is 0 Å². The van der Waals surface area contributed by atoms with Crippen LogP contribution >= 0.6 is 0 Å². The molecule has 2 N–H and O–H groups in total. The third-order valence-electron chi connectivity index (χ3n) is 3.26. The molecule has 0 aliphatic rings. The van der Waals surface area contributed by atoms with Gasteiger partial charge in [0.2, 0.25) is 0 Å². The summed E-state index contributed by atoms with van der Waals surface area (Å²) in [6, 6.07) is 6.68. The van der Waals surface area contributed by atoms with Crippen molar-refractivity contribution in [1.29, 1.82) is 0 Å². The zero-order valence-corrected chi connectivity index (χ0v) is 10.8. The van der Waals surface area contributed by atoms with Crippen LogP contribution in [0.1, 0.15) is 28.3 Å². The number of benzene rings is 1. The molecule has 1 atom stereocenters. The lowest BCUT2D eigenvalue weighted by molar-refractivity contribution is -0.385. The Bertz CT molecular complexity index is 612. The Morgan fingerprint density at radius 2 is 2.05 bits per heavy atom. The highest BCUT2D eigenvalue weighted by molar-refractivity contribution is 5.49. The van der Waals surface area contributed by atoms with Crippen LogP contribution in [0.2, 0.25) is 0 Å². The molecule has 0 spiro atoms. The van der Waals surface area contributed by atoms with Crippen molar-refractivity contribution in [3.63, 3.8) is 0 Å². The lowest BCUT2D eigenvalue weighted by atomic mass is 9.96. The van der Waals surface area contributed by atoms with E-state index in [0.717, 1.165) is 16.7 Å². The van der Waals surface area contributed by atoms with E-state index in [1.54, 1.807) is 31.5 Å². The number of nitrogens with zero attached hydrogens (tertiary/aromatic N) is 2. The van der Waals surface area contributed by atoms with Crippen LogP contribution in [0.4, 0.5) is 5.69 Å². The molecule has 0 fully saturated rings. The third-order valence-corrected chi connectivity index (χ3v) is 3.26. The number of hydrogen-bond donors (Lipinski definition) is 1. The van der Waals surface area contributed by atoms with E-state index < -0.39 is 6.04 Å². The van der Waals surface area contributed by atoms with Crippen LogP contribution in [-0.4, -0.2) is 9.91 Å². The molecule has 1 unspecified atom stereocenters. The van der Waals surface area contributed by atoms with Crippen LogP contribution in [-0.2, 0) is 0 Å². The number of nitro groups is 1. The summed E-state index contributed by atoms with van der Waals surface area (Å²) in [4.78, 5) is 14.7. The number of aryl methyl sites for hydroxylation is 1. The second kappa shape index (κ2) is 5.16. The number of hydrogen-bond acceptors (Lipinski definition) is 4. The normalized spacial score (nSPS) is 12.2. The number of aromatic nitrogens is 1. The number of nitro benzene ring substituents is 1. The summed E-state index contributed by atoms with van der Waals surface area (Å²) in [7, 11) is 0. The van der Waals surface area contributed by atoms with Gasteiger partial charge < -0.3 is 5.73 Å². The monoisotopic (exact) mass is 257 g/mol. The Hall–Kier alpha value is -2.27. The summed E-state index contributed by atoms with van der Waals surface area (Å²) < 4.78 is 0. The summed E-state index contributed by atoms with van der Waals surface area (Å²) in [6.07, 6.45) is 3.34. The van der Waals surface area contributed by atoms with Crippen LogP contribution in [0.25, 0.3) is 0 Å². The highest BCUT2D eigenvalue weighted by Gasteiger charge is 2.18. The van der Waals surface area contributed by atoms with Gasteiger partial charge in [-0.15, -0.1) is 0 Å². The van der Waals surface area contributed by atoms with Crippen molar-refractivity contribution in [3.05, 3.63) is 69.0 Å². The second-order valence-corrected chi connectivity index (χ2v) is 4.50. The largest absolute Gasteiger partial charge is 0.320 e. The molecule has 98 valence electrons. The Morgan fingerprint density at radius 1 is 1.32 bits per heavy atom. The standard InChI is InChI=1S/C14H15N3O2/c1-9-6-12(7-13(10(9)2)17(18)19)14(15)11-4-3-5-16-8-11/h3-8,14H,15H2,1-2H3. The van der Waals surface area contributed by atoms with Gasteiger partial charge in [-0.1, -0.05) is 12.1 Å². The van der Waals surface area contributed by atoms with Crippen molar-refractivity contribution in [2.45, 2.75) is 19.9 Å². The van der Waals surface area contributed by atoms with Crippen molar-refractivity contribution in [2.24, 2.45) is 5.73 Å². The van der Waals surface area contributed by atoms with Gasteiger partial charge in [0, 0.05) is 24.0 Å². The van der Waals surface area contributed by atoms with Crippen molar-refractivity contribution < 1.29 is 4.92 Å². The lowest BCUT2D eigenvalue weighted by Crippen LogP contribution is -2.13. The zero-order chi connectivity index (χ0) is 14.0. The third kappa shape index (κ3) is 2.61. The predicted molar refractivity (Wildman–Crippen MR) is 72.8 cm³/mol. The summed E-state index contributed by atoms with van der Waals surface area (Å²) in [5.74, 6) is 0. The topological polar surface area (TPSA) is 82.0 Å². The molecular formula is C14H15N3O2. The van der Waals surface area contributed by atoms with E-state index in [1.807, 2.05) is 19.1 Å². The molecule has 0 amide bonds. The summed E-state index contributed by atoms with van der Waals surface area (Å²) in [5, 5.41) is 11.0. The molecule has 0 bridgehead atoms. The average molecular weight is 257 g/mol. The first-order valence-corrected chi connectivity index (χ1v) is 5.91. The molecule has 0 saturated carbocycles. The Balaban J connectivity index is 2.49. The molecule has 1 aromatic heterocycles. The molecule has 19 heavy (non-hydrogen) atoms. The highest BCUT2D eigenvalue weighted by atomic mass is 16.6. The van der Waals surface area contributed by atoms with Crippen molar-refractivity contribution in [2.75, 3.05) is 0 Å². The van der Waals surface area contributed by atoms with E-state index in [2.05, 4.69) is 4.98 Å². The molecule has 0 saturated heterocycles. The van der Waals surface area contributed by atoms with E-state index >= 15 is 0 Å². The van der Waals surface area contributed by atoms with E-state index in [4.69, 9.17) is 5.73 Å². The minimum absolute atomic E-state index is 0.106. The fourth-order valence-electron chi connectivity index (χ4n) is 1.99. The van der Waals surface area contributed by atoms with Gasteiger partial charge in [0.25, 0.3) is 5.69 Å². The van der Waals surface area contributed by atoms with E-state index in [1.165, 1.54) is 0 Å². The van der Waals surface area contributed by atoms with Crippen molar-refractivity contribution in [1.82, 2.24) is 4.98 Å².